The van der Waals surface area contributed by atoms with Crippen LogP contribution >= 0.6 is 15.9 Å². The zero-order valence-corrected chi connectivity index (χ0v) is 13.2. The van der Waals surface area contributed by atoms with Gasteiger partial charge in [-0.2, -0.15) is 0 Å². The molecule has 3 nitrogen and oxygen atoms in total. The molecule has 1 aromatic heterocycles. The monoisotopic (exact) mass is 332 g/mol. The SMILES string of the molecule is CC(C(=O)c1ccc(Br)cc1)N(C)Cc1ccncc1. The summed E-state index contributed by atoms with van der Waals surface area (Å²) >= 11 is 3.38. The van der Waals surface area contributed by atoms with E-state index in [0.29, 0.717) is 0 Å². The van der Waals surface area contributed by atoms with Crippen molar-refractivity contribution in [3.05, 3.63) is 64.4 Å². The van der Waals surface area contributed by atoms with Gasteiger partial charge >= 0.3 is 0 Å². The fraction of sp³-hybridized carbons (Fsp3) is 0.250. The molecule has 1 heterocycles. The summed E-state index contributed by atoms with van der Waals surface area (Å²) in [6.07, 6.45) is 3.54. The summed E-state index contributed by atoms with van der Waals surface area (Å²) in [6, 6.07) is 11.3. The predicted molar refractivity (Wildman–Crippen MR) is 83.6 cm³/mol. The summed E-state index contributed by atoms with van der Waals surface area (Å²) in [5.74, 6) is 0.133. The molecule has 1 atom stereocenters. The van der Waals surface area contributed by atoms with Gasteiger partial charge in [-0.15, -0.1) is 0 Å². The standard InChI is InChI=1S/C16H17BrN2O/c1-12(16(20)14-3-5-15(17)6-4-14)19(2)11-13-7-9-18-10-8-13/h3-10,12H,11H2,1-2H3. The molecule has 2 aromatic rings. The largest absolute Gasteiger partial charge is 0.292 e. The van der Waals surface area contributed by atoms with Crippen molar-refractivity contribution in [1.29, 1.82) is 0 Å². The summed E-state index contributed by atoms with van der Waals surface area (Å²) in [5.41, 5.74) is 1.89. The normalized spacial score (nSPS) is 12.4. The van der Waals surface area contributed by atoms with Crippen LogP contribution in [-0.2, 0) is 6.54 Å². The summed E-state index contributed by atoms with van der Waals surface area (Å²) in [6.45, 7) is 2.66. The van der Waals surface area contributed by atoms with Gasteiger partial charge < -0.3 is 0 Å². The van der Waals surface area contributed by atoms with Gasteiger partial charge in [0.2, 0.25) is 0 Å². The third-order valence-corrected chi connectivity index (χ3v) is 3.88. The van der Waals surface area contributed by atoms with E-state index in [2.05, 4.69) is 20.9 Å². The molecule has 0 radical (unpaired) electrons. The molecule has 0 aliphatic rings. The molecular weight excluding hydrogens is 316 g/mol. The molecule has 20 heavy (non-hydrogen) atoms. The van der Waals surface area contributed by atoms with Crippen molar-refractivity contribution in [2.24, 2.45) is 0 Å². The maximum absolute atomic E-state index is 12.4. The number of benzene rings is 1. The summed E-state index contributed by atoms with van der Waals surface area (Å²) in [5, 5.41) is 0. The average molecular weight is 333 g/mol. The number of carbonyl (C=O) groups excluding carboxylic acids is 1. The van der Waals surface area contributed by atoms with Gasteiger partial charge in [-0.3, -0.25) is 14.7 Å². The molecule has 4 heteroatoms. The van der Waals surface area contributed by atoms with Crippen LogP contribution in [0, 0.1) is 0 Å². The number of ketones is 1. The van der Waals surface area contributed by atoms with Gasteiger partial charge in [-0.1, -0.05) is 28.1 Å². The van der Waals surface area contributed by atoms with E-state index >= 15 is 0 Å². The Balaban J connectivity index is 2.04. The summed E-state index contributed by atoms with van der Waals surface area (Å²) < 4.78 is 0.979. The molecule has 0 N–H and O–H groups in total. The van der Waals surface area contributed by atoms with Gasteiger partial charge in [0.25, 0.3) is 0 Å². The minimum atomic E-state index is -0.163. The number of aromatic nitrogens is 1. The van der Waals surface area contributed by atoms with Crippen molar-refractivity contribution >= 4 is 21.7 Å². The van der Waals surface area contributed by atoms with E-state index in [-0.39, 0.29) is 11.8 Å². The smallest absolute Gasteiger partial charge is 0.179 e. The number of carbonyl (C=O) groups is 1. The van der Waals surface area contributed by atoms with Crippen LogP contribution < -0.4 is 0 Å². The van der Waals surface area contributed by atoms with Crippen LogP contribution in [0.5, 0.6) is 0 Å². The van der Waals surface area contributed by atoms with Crippen LogP contribution in [0.4, 0.5) is 0 Å². The van der Waals surface area contributed by atoms with E-state index < -0.39 is 0 Å². The number of rotatable bonds is 5. The first kappa shape index (κ1) is 14.9. The van der Waals surface area contributed by atoms with Gasteiger partial charge in [0, 0.05) is 29.0 Å². The lowest BCUT2D eigenvalue weighted by Gasteiger charge is -2.23. The highest BCUT2D eigenvalue weighted by molar-refractivity contribution is 9.10. The topological polar surface area (TPSA) is 33.2 Å². The lowest BCUT2D eigenvalue weighted by Crippen LogP contribution is -2.35. The Labute approximate surface area is 127 Å². The first-order valence-corrected chi connectivity index (χ1v) is 7.26. The average Bonchev–Trinajstić information content (AvgIpc) is 2.47. The molecule has 0 saturated carbocycles. The van der Waals surface area contributed by atoms with Gasteiger partial charge in [0.1, 0.15) is 0 Å². The Kier molecular flexibility index (Phi) is 5.04. The molecule has 0 amide bonds. The number of likely N-dealkylation sites (N-methyl/N-ethyl adjacent to an activating group) is 1. The number of hydrogen-bond acceptors (Lipinski definition) is 3. The molecular formula is C16H17BrN2O. The van der Waals surface area contributed by atoms with E-state index in [1.54, 1.807) is 12.4 Å². The molecule has 0 aliphatic carbocycles. The second kappa shape index (κ2) is 6.77. The van der Waals surface area contributed by atoms with Crippen molar-refractivity contribution in [2.75, 3.05) is 7.05 Å². The molecule has 0 spiro atoms. The second-order valence-electron chi connectivity index (χ2n) is 4.82. The van der Waals surface area contributed by atoms with Crippen LogP contribution in [0.15, 0.2) is 53.3 Å². The van der Waals surface area contributed by atoms with E-state index in [1.807, 2.05) is 55.3 Å². The van der Waals surface area contributed by atoms with Crippen molar-refractivity contribution in [1.82, 2.24) is 9.88 Å². The third-order valence-electron chi connectivity index (χ3n) is 3.35. The fourth-order valence-electron chi connectivity index (χ4n) is 1.97. The highest BCUT2D eigenvalue weighted by atomic mass is 79.9. The Bertz CT molecular complexity index is 569. The molecule has 0 saturated heterocycles. The van der Waals surface area contributed by atoms with Crippen LogP contribution in [0.2, 0.25) is 0 Å². The van der Waals surface area contributed by atoms with Gasteiger partial charge in [0.05, 0.1) is 6.04 Å². The zero-order valence-electron chi connectivity index (χ0n) is 11.6. The Hall–Kier alpha value is -1.52. The molecule has 2 rings (SSSR count). The van der Waals surface area contributed by atoms with E-state index in [9.17, 15) is 4.79 Å². The highest BCUT2D eigenvalue weighted by Gasteiger charge is 2.19. The van der Waals surface area contributed by atoms with E-state index in [1.165, 1.54) is 0 Å². The summed E-state index contributed by atoms with van der Waals surface area (Å²) in [7, 11) is 1.96. The number of halogens is 1. The minimum absolute atomic E-state index is 0.133. The first-order valence-electron chi connectivity index (χ1n) is 6.47. The third kappa shape index (κ3) is 3.74. The molecule has 104 valence electrons. The lowest BCUT2D eigenvalue weighted by molar-refractivity contribution is 0.0862. The van der Waals surface area contributed by atoms with Crippen molar-refractivity contribution < 1.29 is 4.79 Å². The first-order chi connectivity index (χ1) is 9.58. The summed E-state index contributed by atoms with van der Waals surface area (Å²) in [4.78, 5) is 18.5. The Morgan fingerprint density at radius 2 is 1.80 bits per heavy atom. The number of Topliss-reactive ketones (excluding diaryl/α,β-unsaturated/α-hetero) is 1. The Morgan fingerprint density at radius 1 is 1.20 bits per heavy atom. The molecule has 0 aliphatic heterocycles. The van der Waals surface area contributed by atoms with Crippen LogP contribution in [0.3, 0.4) is 0 Å². The maximum atomic E-state index is 12.4. The fourth-order valence-corrected chi connectivity index (χ4v) is 2.23. The minimum Gasteiger partial charge on any atom is -0.292 e. The van der Waals surface area contributed by atoms with Crippen molar-refractivity contribution in [3.63, 3.8) is 0 Å². The molecule has 0 bridgehead atoms. The van der Waals surface area contributed by atoms with Gasteiger partial charge in [-0.25, -0.2) is 0 Å². The zero-order chi connectivity index (χ0) is 14.5. The van der Waals surface area contributed by atoms with Crippen LogP contribution in [0.25, 0.3) is 0 Å². The van der Waals surface area contributed by atoms with Crippen molar-refractivity contribution in [3.8, 4) is 0 Å². The lowest BCUT2D eigenvalue weighted by atomic mass is 10.0. The van der Waals surface area contributed by atoms with E-state index in [0.717, 1.165) is 22.1 Å². The number of nitrogens with zero attached hydrogens (tertiary/aromatic N) is 2. The van der Waals surface area contributed by atoms with Gasteiger partial charge in [-0.05, 0) is 43.8 Å². The quantitative estimate of drug-likeness (QED) is 0.785. The molecule has 1 aromatic carbocycles. The van der Waals surface area contributed by atoms with Crippen molar-refractivity contribution in [2.45, 2.75) is 19.5 Å². The maximum Gasteiger partial charge on any atom is 0.179 e. The van der Waals surface area contributed by atoms with E-state index in [4.69, 9.17) is 0 Å². The number of pyridine rings is 1. The molecule has 1 unspecified atom stereocenters. The molecule has 0 fully saturated rings. The Morgan fingerprint density at radius 3 is 2.40 bits per heavy atom. The highest BCUT2D eigenvalue weighted by Crippen LogP contribution is 2.14. The van der Waals surface area contributed by atoms with Crippen LogP contribution in [0.1, 0.15) is 22.8 Å². The predicted octanol–water partition coefficient (Wildman–Crippen LogP) is 3.55. The second-order valence-corrected chi connectivity index (χ2v) is 5.73. The van der Waals surface area contributed by atoms with Gasteiger partial charge in [0.15, 0.2) is 5.78 Å². The van der Waals surface area contributed by atoms with Crippen LogP contribution in [-0.4, -0.2) is 28.8 Å². The number of hydrogen-bond donors (Lipinski definition) is 0.